The van der Waals surface area contributed by atoms with Crippen molar-refractivity contribution in [3.8, 4) is 0 Å². The van der Waals surface area contributed by atoms with Gasteiger partial charge in [-0.25, -0.2) is 4.79 Å². The van der Waals surface area contributed by atoms with Crippen LogP contribution in [0.1, 0.15) is 56.6 Å². The predicted molar refractivity (Wildman–Crippen MR) is 114 cm³/mol. The van der Waals surface area contributed by atoms with Gasteiger partial charge in [0.05, 0.1) is 6.10 Å². The Bertz CT molecular complexity index is 810. The Labute approximate surface area is 182 Å². The molecular weight excluding hydrogens is 402 g/mol. The van der Waals surface area contributed by atoms with Gasteiger partial charge < -0.3 is 25.4 Å². The first-order valence-corrected chi connectivity index (χ1v) is 10.2. The molecule has 0 saturated carbocycles. The summed E-state index contributed by atoms with van der Waals surface area (Å²) in [6, 6.07) is 2.26. The number of ether oxygens (including phenoxy) is 2. The van der Waals surface area contributed by atoms with Crippen LogP contribution in [0.3, 0.4) is 0 Å². The van der Waals surface area contributed by atoms with Crippen molar-refractivity contribution in [3.05, 3.63) is 29.6 Å². The second-order valence-corrected chi connectivity index (χ2v) is 8.46. The molecule has 1 aliphatic heterocycles. The van der Waals surface area contributed by atoms with Crippen molar-refractivity contribution in [1.29, 1.82) is 5.41 Å². The lowest BCUT2D eigenvalue weighted by atomic mass is 10.1. The number of nitrogens with one attached hydrogen (secondary N) is 2. The lowest BCUT2D eigenvalue weighted by Crippen LogP contribution is -2.50. The minimum Gasteiger partial charge on any atom is -0.458 e. The summed E-state index contributed by atoms with van der Waals surface area (Å²) in [5.74, 6) is -1.22. The molecule has 1 atom stereocenters. The standard InChI is InChI=1S/C21H31N5O5/c1-13(25-19(28)16-6-5-14(11-24-16)18(22)23)20(29)26-9-7-15(8-10-26)30-12-17(27)31-21(2,3)4/h5-6,11,13,15H,7-10,12H2,1-4H3,(H3,22,23)(H,25,28)/t13-/m0/s1. The monoisotopic (exact) mass is 433 g/mol. The van der Waals surface area contributed by atoms with Crippen molar-refractivity contribution in [2.75, 3.05) is 19.7 Å². The first-order chi connectivity index (χ1) is 14.5. The average Bonchev–Trinajstić information content (AvgIpc) is 2.70. The molecule has 31 heavy (non-hydrogen) atoms. The number of carbonyl (C=O) groups excluding carboxylic acids is 3. The van der Waals surface area contributed by atoms with Crippen molar-refractivity contribution in [1.82, 2.24) is 15.2 Å². The smallest absolute Gasteiger partial charge is 0.332 e. The highest BCUT2D eigenvalue weighted by Crippen LogP contribution is 2.16. The SMILES string of the molecule is C[C@H](NC(=O)c1ccc(C(=N)N)cn1)C(=O)N1CCC(OCC(=O)OC(C)(C)C)CC1. The van der Waals surface area contributed by atoms with E-state index in [4.69, 9.17) is 20.6 Å². The molecule has 1 aromatic heterocycles. The number of pyridine rings is 1. The molecule has 1 aromatic rings. The molecule has 10 heteroatoms. The van der Waals surface area contributed by atoms with Crippen LogP contribution < -0.4 is 11.1 Å². The Balaban J connectivity index is 1.77. The summed E-state index contributed by atoms with van der Waals surface area (Å²) in [4.78, 5) is 42.4. The van der Waals surface area contributed by atoms with Crippen LogP contribution in [-0.2, 0) is 19.1 Å². The Hall–Kier alpha value is -3.01. The number of amides is 2. The van der Waals surface area contributed by atoms with Gasteiger partial charge in [-0.15, -0.1) is 0 Å². The number of piperidine rings is 1. The molecule has 170 valence electrons. The second-order valence-electron chi connectivity index (χ2n) is 8.46. The zero-order chi connectivity index (χ0) is 23.2. The number of carbonyl (C=O) groups is 3. The van der Waals surface area contributed by atoms with Crippen LogP contribution in [-0.4, -0.2) is 70.9 Å². The maximum absolute atomic E-state index is 12.7. The second kappa shape index (κ2) is 10.3. The molecule has 0 aromatic carbocycles. The number of nitrogens with two attached hydrogens (primary N) is 1. The number of rotatable bonds is 7. The van der Waals surface area contributed by atoms with Crippen LogP contribution in [0.15, 0.2) is 18.3 Å². The number of esters is 1. The summed E-state index contributed by atoms with van der Waals surface area (Å²) in [7, 11) is 0. The first kappa shape index (κ1) is 24.3. The van der Waals surface area contributed by atoms with Crippen LogP contribution in [0.5, 0.6) is 0 Å². The fraction of sp³-hybridized carbons (Fsp3) is 0.571. The molecule has 0 unspecified atom stereocenters. The molecule has 2 rings (SSSR count). The third-order valence-electron chi connectivity index (χ3n) is 4.64. The Morgan fingerprint density at radius 2 is 1.94 bits per heavy atom. The van der Waals surface area contributed by atoms with Crippen LogP contribution in [0.25, 0.3) is 0 Å². The molecule has 1 fully saturated rings. The van der Waals surface area contributed by atoms with Gasteiger partial charge in [0, 0.05) is 24.8 Å². The highest BCUT2D eigenvalue weighted by atomic mass is 16.6. The normalized spacial score (nSPS) is 15.8. The van der Waals surface area contributed by atoms with Crippen molar-refractivity contribution < 1.29 is 23.9 Å². The molecule has 0 radical (unpaired) electrons. The number of likely N-dealkylation sites (tertiary alicyclic amines) is 1. The van der Waals surface area contributed by atoms with Gasteiger partial charge in [-0.05, 0) is 52.7 Å². The Kier molecular flexibility index (Phi) is 8.09. The van der Waals surface area contributed by atoms with Crippen LogP contribution in [0.2, 0.25) is 0 Å². The number of aromatic nitrogens is 1. The van der Waals surface area contributed by atoms with E-state index in [1.807, 2.05) is 0 Å². The third-order valence-corrected chi connectivity index (χ3v) is 4.64. The zero-order valence-corrected chi connectivity index (χ0v) is 18.4. The van der Waals surface area contributed by atoms with Gasteiger partial charge in [-0.1, -0.05) is 0 Å². The summed E-state index contributed by atoms with van der Waals surface area (Å²) >= 11 is 0. The fourth-order valence-corrected chi connectivity index (χ4v) is 3.09. The molecule has 0 bridgehead atoms. The largest absolute Gasteiger partial charge is 0.458 e. The van der Waals surface area contributed by atoms with Crippen molar-refractivity contribution in [2.24, 2.45) is 5.73 Å². The van der Waals surface area contributed by atoms with Crippen LogP contribution in [0.4, 0.5) is 0 Å². The minimum atomic E-state index is -0.721. The molecular formula is C21H31N5O5. The molecule has 4 N–H and O–H groups in total. The lowest BCUT2D eigenvalue weighted by Gasteiger charge is -2.33. The van der Waals surface area contributed by atoms with E-state index in [1.165, 1.54) is 18.3 Å². The highest BCUT2D eigenvalue weighted by Gasteiger charge is 2.28. The Morgan fingerprint density at radius 3 is 2.45 bits per heavy atom. The van der Waals surface area contributed by atoms with E-state index >= 15 is 0 Å². The van der Waals surface area contributed by atoms with Gasteiger partial charge in [0.2, 0.25) is 5.91 Å². The minimum absolute atomic E-state index is 0.113. The summed E-state index contributed by atoms with van der Waals surface area (Å²) in [6.45, 7) is 7.85. The molecule has 0 spiro atoms. The Morgan fingerprint density at radius 1 is 1.29 bits per heavy atom. The van der Waals surface area contributed by atoms with E-state index in [0.29, 0.717) is 31.5 Å². The lowest BCUT2D eigenvalue weighted by molar-refractivity contribution is -0.163. The van der Waals surface area contributed by atoms with E-state index in [9.17, 15) is 14.4 Å². The molecule has 1 aliphatic rings. The predicted octanol–water partition coefficient (Wildman–Crippen LogP) is 0.833. The van der Waals surface area contributed by atoms with Gasteiger partial charge in [0.1, 0.15) is 29.8 Å². The average molecular weight is 434 g/mol. The highest BCUT2D eigenvalue weighted by molar-refractivity contribution is 5.98. The van der Waals surface area contributed by atoms with E-state index in [2.05, 4.69) is 10.3 Å². The summed E-state index contributed by atoms with van der Waals surface area (Å²) in [5.41, 5.74) is 5.37. The number of hydrogen-bond acceptors (Lipinski definition) is 7. The number of nitrogen functional groups attached to an aromatic ring is 1. The summed E-state index contributed by atoms with van der Waals surface area (Å²) in [6.07, 6.45) is 2.42. The van der Waals surface area contributed by atoms with Crippen molar-refractivity contribution in [3.63, 3.8) is 0 Å². The molecule has 10 nitrogen and oxygen atoms in total. The molecule has 2 amide bonds. The number of hydrogen-bond donors (Lipinski definition) is 3. The van der Waals surface area contributed by atoms with Gasteiger partial charge in [-0.2, -0.15) is 0 Å². The number of amidine groups is 1. The molecule has 1 saturated heterocycles. The van der Waals surface area contributed by atoms with Gasteiger partial charge in [-0.3, -0.25) is 20.0 Å². The van der Waals surface area contributed by atoms with Gasteiger partial charge >= 0.3 is 5.97 Å². The first-order valence-electron chi connectivity index (χ1n) is 10.2. The van der Waals surface area contributed by atoms with E-state index in [1.54, 1.807) is 32.6 Å². The van der Waals surface area contributed by atoms with Crippen molar-refractivity contribution in [2.45, 2.75) is 58.3 Å². The zero-order valence-electron chi connectivity index (χ0n) is 18.4. The maximum Gasteiger partial charge on any atom is 0.332 e. The fourth-order valence-electron chi connectivity index (χ4n) is 3.09. The van der Waals surface area contributed by atoms with E-state index in [-0.39, 0.29) is 30.1 Å². The maximum atomic E-state index is 12.7. The van der Waals surface area contributed by atoms with Crippen LogP contribution >= 0.6 is 0 Å². The number of nitrogens with zero attached hydrogens (tertiary/aromatic N) is 2. The van der Waals surface area contributed by atoms with Crippen LogP contribution in [0, 0.1) is 5.41 Å². The third kappa shape index (κ3) is 7.63. The van der Waals surface area contributed by atoms with Crippen molar-refractivity contribution >= 4 is 23.6 Å². The summed E-state index contributed by atoms with van der Waals surface area (Å²) < 4.78 is 10.8. The topological polar surface area (TPSA) is 148 Å². The molecule has 0 aliphatic carbocycles. The van der Waals surface area contributed by atoms with E-state index < -0.39 is 23.5 Å². The summed E-state index contributed by atoms with van der Waals surface area (Å²) in [5, 5.41) is 9.99. The van der Waals surface area contributed by atoms with E-state index in [0.717, 1.165) is 0 Å². The quantitative estimate of drug-likeness (QED) is 0.328. The molecule has 2 heterocycles. The van der Waals surface area contributed by atoms with Gasteiger partial charge in [0.25, 0.3) is 5.91 Å². The van der Waals surface area contributed by atoms with Gasteiger partial charge in [0.15, 0.2) is 0 Å².